The van der Waals surface area contributed by atoms with Gasteiger partial charge >= 0.3 is 0 Å². The van der Waals surface area contributed by atoms with E-state index in [0.29, 0.717) is 10.0 Å². The van der Waals surface area contributed by atoms with Crippen LogP contribution >= 0.6 is 35.0 Å². The van der Waals surface area contributed by atoms with E-state index in [1.54, 1.807) is 24.3 Å². The molecule has 0 heterocycles. The number of thioether (sulfide) groups is 1. The summed E-state index contributed by atoms with van der Waals surface area (Å²) < 4.78 is 13.0. The third kappa shape index (κ3) is 3.89. The van der Waals surface area contributed by atoms with Gasteiger partial charge < -0.3 is 5.73 Å². The molecule has 2 atom stereocenters. The van der Waals surface area contributed by atoms with Gasteiger partial charge in [0, 0.05) is 21.2 Å². The van der Waals surface area contributed by atoms with Gasteiger partial charge in [0.05, 0.1) is 5.02 Å². The molecule has 0 fully saturated rings. The van der Waals surface area contributed by atoms with Crippen molar-refractivity contribution in [2.24, 2.45) is 5.73 Å². The molecule has 0 amide bonds. The van der Waals surface area contributed by atoms with E-state index in [-0.39, 0.29) is 17.1 Å². The van der Waals surface area contributed by atoms with Gasteiger partial charge in [-0.2, -0.15) is 0 Å². The molecule has 0 aliphatic carbocycles. The Morgan fingerprint density at radius 2 is 1.75 bits per heavy atom. The van der Waals surface area contributed by atoms with Crippen LogP contribution in [0.4, 0.5) is 4.39 Å². The van der Waals surface area contributed by atoms with Crippen molar-refractivity contribution < 1.29 is 4.39 Å². The van der Waals surface area contributed by atoms with Gasteiger partial charge in [0.2, 0.25) is 0 Å². The maximum Gasteiger partial charge on any atom is 0.123 e. The van der Waals surface area contributed by atoms with Crippen molar-refractivity contribution in [2.75, 3.05) is 0 Å². The van der Waals surface area contributed by atoms with E-state index in [1.807, 2.05) is 13.0 Å². The highest BCUT2D eigenvalue weighted by Gasteiger charge is 2.19. The molecule has 0 aliphatic heterocycles. The fourth-order valence-electron chi connectivity index (χ4n) is 1.84. The third-order valence-corrected chi connectivity index (χ3v) is 5.05. The Balaban J connectivity index is 2.30. The molecule has 0 saturated carbocycles. The van der Waals surface area contributed by atoms with Crippen LogP contribution in [0.3, 0.4) is 0 Å². The smallest absolute Gasteiger partial charge is 0.123 e. The van der Waals surface area contributed by atoms with Crippen LogP contribution in [-0.4, -0.2) is 6.04 Å². The van der Waals surface area contributed by atoms with Crippen LogP contribution in [0.15, 0.2) is 47.4 Å². The molecule has 2 rings (SSSR count). The highest BCUT2D eigenvalue weighted by molar-refractivity contribution is 7.99. The zero-order valence-electron chi connectivity index (χ0n) is 10.8. The highest BCUT2D eigenvalue weighted by atomic mass is 35.5. The van der Waals surface area contributed by atoms with Crippen molar-refractivity contribution in [2.45, 2.75) is 23.1 Å². The molecule has 20 heavy (non-hydrogen) atoms. The van der Waals surface area contributed by atoms with Crippen molar-refractivity contribution in [3.05, 3.63) is 63.9 Å². The number of nitrogens with two attached hydrogens (primary N) is 1. The highest BCUT2D eigenvalue weighted by Crippen LogP contribution is 2.41. The summed E-state index contributed by atoms with van der Waals surface area (Å²) in [5.41, 5.74) is 7.01. The van der Waals surface area contributed by atoms with Crippen LogP contribution in [0.2, 0.25) is 10.0 Å². The first-order valence-corrected chi connectivity index (χ1v) is 7.73. The number of halogens is 3. The van der Waals surface area contributed by atoms with Crippen molar-refractivity contribution in [1.29, 1.82) is 0 Å². The monoisotopic (exact) mass is 329 g/mol. The van der Waals surface area contributed by atoms with E-state index in [4.69, 9.17) is 28.9 Å². The first kappa shape index (κ1) is 15.6. The predicted molar refractivity (Wildman–Crippen MR) is 85.1 cm³/mol. The average molecular weight is 330 g/mol. The molecule has 2 unspecified atom stereocenters. The first-order valence-electron chi connectivity index (χ1n) is 6.10. The van der Waals surface area contributed by atoms with Gasteiger partial charge in [0.1, 0.15) is 5.82 Å². The minimum absolute atomic E-state index is 0.0217. The minimum Gasteiger partial charge on any atom is -0.327 e. The van der Waals surface area contributed by atoms with Crippen LogP contribution in [0.5, 0.6) is 0 Å². The summed E-state index contributed by atoms with van der Waals surface area (Å²) >= 11 is 13.7. The summed E-state index contributed by atoms with van der Waals surface area (Å²) in [4.78, 5) is 0.866. The Labute approximate surface area is 132 Å². The van der Waals surface area contributed by atoms with Crippen LogP contribution in [0.25, 0.3) is 0 Å². The molecular weight excluding hydrogens is 316 g/mol. The Morgan fingerprint density at radius 3 is 2.35 bits per heavy atom. The van der Waals surface area contributed by atoms with Gasteiger partial charge in [0.25, 0.3) is 0 Å². The second-order valence-electron chi connectivity index (χ2n) is 4.52. The molecule has 0 aliphatic rings. The lowest BCUT2D eigenvalue weighted by Gasteiger charge is -2.21. The van der Waals surface area contributed by atoms with Gasteiger partial charge in [-0.15, -0.1) is 11.8 Å². The zero-order chi connectivity index (χ0) is 14.7. The molecule has 106 valence electrons. The quantitative estimate of drug-likeness (QED) is 0.769. The van der Waals surface area contributed by atoms with Crippen molar-refractivity contribution in [3.63, 3.8) is 0 Å². The summed E-state index contributed by atoms with van der Waals surface area (Å²) in [5.74, 6) is -0.261. The first-order chi connectivity index (χ1) is 9.47. The summed E-state index contributed by atoms with van der Waals surface area (Å²) in [6.45, 7) is 1.92. The van der Waals surface area contributed by atoms with Gasteiger partial charge in [-0.1, -0.05) is 35.3 Å². The van der Waals surface area contributed by atoms with Gasteiger partial charge in [-0.25, -0.2) is 4.39 Å². The van der Waals surface area contributed by atoms with E-state index >= 15 is 0 Å². The second-order valence-corrected chi connectivity index (χ2v) is 6.55. The lowest BCUT2D eigenvalue weighted by atomic mass is 10.1. The third-order valence-electron chi connectivity index (χ3n) is 2.82. The molecule has 0 bridgehead atoms. The molecule has 2 N–H and O–H groups in total. The zero-order valence-corrected chi connectivity index (χ0v) is 13.1. The average Bonchev–Trinajstić information content (AvgIpc) is 2.40. The van der Waals surface area contributed by atoms with E-state index in [9.17, 15) is 4.39 Å². The van der Waals surface area contributed by atoms with Gasteiger partial charge in [-0.3, -0.25) is 0 Å². The standard InChI is InChI=1S/C15H14Cl2FNS/c1-9(19)15(10-2-5-12(18)6-3-10)20-14-8-11(16)4-7-13(14)17/h2-9,15H,19H2,1H3. The van der Waals surface area contributed by atoms with Crippen molar-refractivity contribution in [3.8, 4) is 0 Å². The molecule has 5 heteroatoms. The maximum absolute atomic E-state index is 13.0. The minimum atomic E-state index is -0.261. The van der Waals surface area contributed by atoms with Crippen molar-refractivity contribution in [1.82, 2.24) is 0 Å². The topological polar surface area (TPSA) is 26.0 Å². The fraction of sp³-hybridized carbons (Fsp3) is 0.200. The Morgan fingerprint density at radius 1 is 1.10 bits per heavy atom. The Kier molecular flexibility index (Phi) is 5.33. The fourth-order valence-corrected chi connectivity index (χ4v) is 3.48. The molecule has 0 radical (unpaired) electrons. The summed E-state index contributed by atoms with van der Waals surface area (Å²) in [6.07, 6.45) is 0. The molecule has 0 spiro atoms. The molecule has 0 saturated heterocycles. The number of hydrogen-bond donors (Lipinski definition) is 1. The summed E-state index contributed by atoms with van der Waals surface area (Å²) in [6, 6.07) is 11.6. The van der Waals surface area contributed by atoms with Crippen molar-refractivity contribution >= 4 is 35.0 Å². The van der Waals surface area contributed by atoms with E-state index in [1.165, 1.54) is 23.9 Å². The second kappa shape index (κ2) is 6.81. The van der Waals surface area contributed by atoms with E-state index in [2.05, 4.69) is 0 Å². The van der Waals surface area contributed by atoms with Gasteiger partial charge in [-0.05, 0) is 42.8 Å². The Bertz CT molecular complexity index is 587. The summed E-state index contributed by atoms with van der Waals surface area (Å²) in [5, 5.41) is 1.23. The molecule has 0 aromatic heterocycles. The van der Waals surface area contributed by atoms with E-state index < -0.39 is 0 Å². The van der Waals surface area contributed by atoms with Crippen LogP contribution in [-0.2, 0) is 0 Å². The number of benzene rings is 2. The number of rotatable bonds is 4. The normalized spacial score (nSPS) is 14.1. The SMILES string of the molecule is CC(N)C(Sc1cc(Cl)ccc1Cl)c1ccc(F)cc1. The summed E-state index contributed by atoms with van der Waals surface area (Å²) in [7, 11) is 0. The Hall–Kier alpha value is -0.740. The lowest BCUT2D eigenvalue weighted by molar-refractivity contribution is 0.625. The van der Waals surface area contributed by atoms with Crippen LogP contribution < -0.4 is 5.73 Å². The van der Waals surface area contributed by atoms with Crippen LogP contribution in [0.1, 0.15) is 17.7 Å². The largest absolute Gasteiger partial charge is 0.327 e. The predicted octanol–water partition coefficient (Wildman–Crippen LogP) is 5.31. The molecular formula is C15H14Cl2FNS. The molecule has 2 aromatic carbocycles. The number of hydrogen-bond acceptors (Lipinski definition) is 2. The lowest BCUT2D eigenvalue weighted by Crippen LogP contribution is -2.22. The van der Waals surface area contributed by atoms with Gasteiger partial charge in [0.15, 0.2) is 0 Å². The molecule has 2 aromatic rings. The van der Waals surface area contributed by atoms with Crippen LogP contribution in [0, 0.1) is 5.82 Å². The van der Waals surface area contributed by atoms with E-state index in [0.717, 1.165) is 10.5 Å². The molecule has 1 nitrogen and oxygen atoms in total. The maximum atomic E-state index is 13.0.